The molecule has 26 heavy (non-hydrogen) atoms. The van der Waals surface area contributed by atoms with E-state index in [4.69, 9.17) is 33.7 Å². The van der Waals surface area contributed by atoms with Crippen LogP contribution in [0.15, 0.2) is 42.5 Å². The van der Waals surface area contributed by atoms with Gasteiger partial charge in [0.2, 0.25) is 0 Å². The number of nitrogen functional groups attached to an aromatic ring is 1. The number of hydrogen-bond donors (Lipinski definition) is 2. The van der Waals surface area contributed by atoms with Crippen LogP contribution in [-0.4, -0.2) is 55.4 Å². The van der Waals surface area contributed by atoms with Crippen molar-refractivity contribution in [2.45, 2.75) is 6.10 Å². The van der Waals surface area contributed by atoms with Crippen molar-refractivity contribution in [2.75, 3.05) is 50.0 Å². The number of nitrogens with zero attached hydrogens (tertiary/aromatic N) is 2. The van der Waals surface area contributed by atoms with Gasteiger partial charge in [-0.15, -0.1) is 0 Å². The van der Waals surface area contributed by atoms with E-state index in [0.717, 1.165) is 31.9 Å². The van der Waals surface area contributed by atoms with Gasteiger partial charge in [-0.3, -0.25) is 4.90 Å². The number of piperazine rings is 1. The van der Waals surface area contributed by atoms with Crippen LogP contribution in [0.25, 0.3) is 0 Å². The molecule has 7 heteroatoms. The van der Waals surface area contributed by atoms with Gasteiger partial charge in [-0.05, 0) is 42.5 Å². The van der Waals surface area contributed by atoms with Crippen LogP contribution in [0.2, 0.25) is 10.0 Å². The van der Waals surface area contributed by atoms with Crippen LogP contribution in [0.3, 0.4) is 0 Å². The van der Waals surface area contributed by atoms with E-state index in [-0.39, 0.29) is 6.61 Å². The average Bonchev–Trinajstić information content (AvgIpc) is 2.64. The number of β-amino-alcohol motifs (C(OH)–C–C–N with tert-alkyl or cyclic N) is 1. The van der Waals surface area contributed by atoms with Crippen molar-refractivity contribution in [1.29, 1.82) is 0 Å². The summed E-state index contributed by atoms with van der Waals surface area (Å²) in [5, 5.41) is 11.4. The Morgan fingerprint density at radius 3 is 2.35 bits per heavy atom. The van der Waals surface area contributed by atoms with Gasteiger partial charge in [-0.25, -0.2) is 0 Å². The van der Waals surface area contributed by atoms with E-state index in [1.807, 2.05) is 18.2 Å². The molecule has 140 valence electrons. The van der Waals surface area contributed by atoms with E-state index in [1.54, 1.807) is 24.3 Å². The number of aliphatic hydroxyl groups is 1. The maximum Gasteiger partial charge on any atom is 0.119 e. The number of aliphatic hydroxyl groups excluding tert-OH is 1. The molecule has 2 aromatic carbocycles. The monoisotopic (exact) mass is 395 g/mol. The average molecular weight is 396 g/mol. The van der Waals surface area contributed by atoms with Crippen molar-refractivity contribution >= 4 is 34.6 Å². The van der Waals surface area contributed by atoms with E-state index in [9.17, 15) is 5.11 Å². The topological polar surface area (TPSA) is 62.0 Å². The Morgan fingerprint density at radius 2 is 1.69 bits per heavy atom. The van der Waals surface area contributed by atoms with Crippen LogP contribution in [0.4, 0.5) is 11.4 Å². The molecular formula is C19H23Cl2N3O2. The molecule has 1 aliphatic rings. The highest BCUT2D eigenvalue weighted by Crippen LogP contribution is 2.27. The molecular weight excluding hydrogens is 373 g/mol. The number of benzene rings is 2. The molecule has 0 aliphatic carbocycles. The second-order valence-corrected chi connectivity index (χ2v) is 7.23. The molecule has 1 heterocycles. The van der Waals surface area contributed by atoms with Crippen molar-refractivity contribution in [3.05, 3.63) is 52.5 Å². The fourth-order valence-corrected chi connectivity index (χ4v) is 3.27. The zero-order valence-electron chi connectivity index (χ0n) is 14.4. The number of rotatable bonds is 6. The summed E-state index contributed by atoms with van der Waals surface area (Å²) in [6.07, 6.45) is -0.538. The Morgan fingerprint density at radius 1 is 1.00 bits per heavy atom. The Kier molecular flexibility index (Phi) is 6.48. The van der Waals surface area contributed by atoms with E-state index < -0.39 is 6.10 Å². The number of ether oxygens (including phenoxy) is 1. The maximum absolute atomic E-state index is 10.2. The zero-order valence-corrected chi connectivity index (χ0v) is 16.0. The molecule has 0 amide bonds. The third-order valence-corrected chi connectivity index (χ3v) is 5.17. The lowest BCUT2D eigenvalue weighted by atomic mass is 10.2. The molecule has 3 rings (SSSR count). The minimum absolute atomic E-state index is 0.261. The van der Waals surface area contributed by atoms with E-state index in [0.29, 0.717) is 28.0 Å². The van der Waals surface area contributed by atoms with Gasteiger partial charge >= 0.3 is 0 Å². The highest BCUT2D eigenvalue weighted by molar-refractivity contribution is 6.42. The standard InChI is InChI=1S/C19H23Cl2N3O2/c20-18-6-3-15(11-19(18)21)24-9-7-23(8-10-24)12-16(25)13-26-17-4-1-14(22)2-5-17/h1-6,11,16,25H,7-10,12-13,22H2. The molecule has 0 radical (unpaired) electrons. The summed E-state index contributed by atoms with van der Waals surface area (Å²) in [6, 6.07) is 12.9. The maximum atomic E-state index is 10.2. The quantitative estimate of drug-likeness (QED) is 0.735. The van der Waals surface area contributed by atoms with Gasteiger partial charge in [0.05, 0.1) is 10.0 Å². The molecule has 0 bridgehead atoms. The van der Waals surface area contributed by atoms with Gasteiger partial charge in [0.15, 0.2) is 0 Å². The summed E-state index contributed by atoms with van der Waals surface area (Å²) in [6.45, 7) is 4.35. The van der Waals surface area contributed by atoms with Gasteiger partial charge in [-0.1, -0.05) is 23.2 Å². The number of anilines is 2. The van der Waals surface area contributed by atoms with Gasteiger partial charge in [0.25, 0.3) is 0 Å². The predicted octanol–water partition coefficient (Wildman–Crippen LogP) is 3.14. The Balaban J connectivity index is 1.43. The second-order valence-electron chi connectivity index (χ2n) is 6.42. The molecule has 0 spiro atoms. The zero-order chi connectivity index (χ0) is 18.5. The van der Waals surface area contributed by atoms with E-state index >= 15 is 0 Å². The summed E-state index contributed by atoms with van der Waals surface area (Å²) >= 11 is 12.1. The molecule has 1 unspecified atom stereocenters. The Bertz CT molecular complexity index is 719. The third-order valence-electron chi connectivity index (χ3n) is 4.43. The SMILES string of the molecule is Nc1ccc(OCC(O)CN2CCN(c3ccc(Cl)c(Cl)c3)CC2)cc1. The highest BCUT2D eigenvalue weighted by Gasteiger charge is 2.20. The summed E-state index contributed by atoms with van der Waals surface area (Å²) in [4.78, 5) is 4.51. The van der Waals surface area contributed by atoms with Crippen molar-refractivity contribution in [2.24, 2.45) is 0 Å². The molecule has 1 atom stereocenters. The van der Waals surface area contributed by atoms with Gasteiger partial charge in [0.1, 0.15) is 18.5 Å². The summed E-state index contributed by atoms with van der Waals surface area (Å²) < 4.78 is 5.61. The van der Waals surface area contributed by atoms with Crippen molar-refractivity contribution in [1.82, 2.24) is 4.90 Å². The third kappa shape index (κ3) is 5.17. The second kappa shape index (κ2) is 8.82. The minimum atomic E-state index is -0.538. The number of halogens is 2. The normalized spacial score (nSPS) is 16.5. The minimum Gasteiger partial charge on any atom is -0.491 e. The molecule has 1 aliphatic heterocycles. The molecule has 1 fully saturated rings. The van der Waals surface area contributed by atoms with Crippen LogP contribution in [0.5, 0.6) is 5.75 Å². The highest BCUT2D eigenvalue weighted by atomic mass is 35.5. The lowest BCUT2D eigenvalue weighted by molar-refractivity contribution is 0.0663. The van der Waals surface area contributed by atoms with Gasteiger partial charge in [-0.2, -0.15) is 0 Å². The Labute approximate surface area is 163 Å². The summed E-state index contributed by atoms with van der Waals surface area (Å²) in [5.74, 6) is 0.711. The first-order chi connectivity index (χ1) is 12.5. The van der Waals surface area contributed by atoms with Crippen molar-refractivity contribution in [3.63, 3.8) is 0 Å². The molecule has 2 aromatic rings. The first-order valence-electron chi connectivity index (χ1n) is 8.60. The van der Waals surface area contributed by atoms with Crippen LogP contribution >= 0.6 is 23.2 Å². The molecule has 0 aromatic heterocycles. The number of hydrogen-bond acceptors (Lipinski definition) is 5. The summed E-state index contributed by atoms with van der Waals surface area (Å²) in [5.41, 5.74) is 7.41. The largest absolute Gasteiger partial charge is 0.491 e. The van der Waals surface area contributed by atoms with Crippen molar-refractivity contribution < 1.29 is 9.84 Å². The molecule has 3 N–H and O–H groups in total. The lowest BCUT2D eigenvalue weighted by Crippen LogP contribution is -2.49. The lowest BCUT2D eigenvalue weighted by Gasteiger charge is -2.37. The smallest absolute Gasteiger partial charge is 0.119 e. The first kappa shape index (κ1) is 19.1. The molecule has 1 saturated heterocycles. The Hall–Kier alpha value is -1.66. The number of nitrogens with two attached hydrogens (primary N) is 1. The van der Waals surface area contributed by atoms with E-state index in [2.05, 4.69) is 9.80 Å². The fourth-order valence-electron chi connectivity index (χ4n) is 2.98. The fraction of sp³-hybridized carbons (Fsp3) is 0.368. The first-order valence-corrected chi connectivity index (χ1v) is 9.35. The van der Waals surface area contributed by atoms with Gasteiger partial charge in [0, 0.05) is 44.1 Å². The predicted molar refractivity (Wildman–Crippen MR) is 107 cm³/mol. The van der Waals surface area contributed by atoms with Crippen LogP contribution in [0.1, 0.15) is 0 Å². The summed E-state index contributed by atoms with van der Waals surface area (Å²) in [7, 11) is 0. The van der Waals surface area contributed by atoms with Crippen LogP contribution < -0.4 is 15.4 Å². The van der Waals surface area contributed by atoms with Crippen molar-refractivity contribution in [3.8, 4) is 5.75 Å². The van der Waals surface area contributed by atoms with Crippen LogP contribution in [0, 0.1) is 0 Å². The molecule has 5 nitrogen and oxygen atoms in total. The molecule has 0 saturated carbocycles. The van der Waals surface area contributed by atoms with Crippen LogP contribution in [-0.2, 0) is 0 Å². The van der Waals surface area contributed by atoms with Gasteiger partial charge < -0.3 is 20.5 Å². The van der Waals surface area contributed by atoms with E-state index in [1.165, 1.54) is 0 Å².